The van der Waals surface area contributed by atoms with Gasteiger partial charge in [-0.2, -0.15) is 0 Å². The molecule has 98 valence electrons. The first-order valence-electron chi connectivity index (χ1n) is 6.03. The standard InChI is InChI=1S/C13H18N2O2S/c1-4-17-8-9(2)15-12-7-10(16-3)5-6-11(12)14-13(15)18/h5-7,9H,4,8H2,1-3H3,(H,14,18). The van der Waals surface area contributed by atoms with E-state index in [2.05, 4.69) is 16.5 Å². The summed E-state index contributed by atoms with van der Waals surface area (Å²) in [5.41, 5.74) is 2.07. The zero-order valence-electron chi connectivity index (χ0n) is 10.9. The third kappa shape index (κ3) is 2.42. The number of fused-ring (bicyclic) bond motifs is 1. The molecule has 5 heteroatoms. The highest BCUT2D eigenvalue weighted by Crippen LogP contribution is 2.23. The Bertz CT molecular complexity index is 588. The largest absolute Gasteiger partial charge is 0.497 e. The van der Waals surface area contributed by atoms with E-state index in [1.807, 2.05) is 25.1 Å². The number of imidazole rings is 1. The highest BCUT2D eigenvalue weighted by Gasteiger charge is 2.11. The Morgan fingerprint density at radius 1 is 1.44 bits per heavy atom. The zero-order valence-corrected chi connectivity index (χ0v) is 11.7. The molecule has 4 nitrogen and oxygen atoms in total. The van der Waals surface area contributed by atoms with Crippen LogP contribution >= 0.6 is 12.2 Å². The van der Waals surface area contributed by atoms with Gasteiger partial charge in [-0.25, -0.2) is 0 Å². The number of hydrogen-bond acceptors (Lipinski definition) is 3. The van der Waals surface area contributed by atoms with Gasteiger partial charge in [0.05, 0.1) is 30.8 Å². The molecule has 0 aliphatic carbocycles. The number of hydrogen-bond donors (Lipinski definition) is 1. The van der Waals surface area contributed by atoms with Crippen molar-refractivity contribution >= 4 is 23.3 Å². The van der Waals surface area contributed by atoms with Crippen LogP contribution in [0.25, 0.3) is 11.0 Å². The molecule has 0 radical (unpaired) electrons. The fourth-order valence-electron chi connectivity index (χ4n) is 2.03. The lowest BCUT2D eigenvalue weighted by molar-refractivity contribution is 0.119. The van der Waals surface area contributed by atoms with Gasteiger partial charge in [-0.3, -0.25) is 0 Å². The molecule has 0 bridgehead atoms. The third-order valence-corrected chi connectivity index (χ3v) is 3.23. The van der Waals surface area contributed by atoms with Gasteiger partial charge in [0, 0.05) is 12.7 Å². The van der Waals surface area contributed by atoms with Crippen LogP contribution in [0.5, 0.6) is 5.75 Å². The number of rotatable bonds is 5. The first kappa shape index (κ1) is 13.1. The number of nitrogens with zero attached hydrogens (tertiary/aromatic N) is 1. The van der Waals surface area contributed by atoms with Crippen molar-refractivity contribution in [2.75, 3.05) is 20.3 Å². The van der Waals surface area contributed by atoms with Crippen molar-refractivity contribution in [2.45, 2.75) is 19.9 Å². The van der Waals surface area contributed by atoms with Crippen LogP contribution in [-0.4, -0.2) is 29.9 Å². The van der Waals surface area contributed by atoms with Gasteiger partial charge < -0.3 is 19.0 Å². The molecule has 1 heterocycles. The summed E-state index contributed by atoms with van der Waals surface area (Å²) >= 11 is 5.37. The second-order valence-electron chi connectivity index (χ2n) is 4.19. The topological polar surface area (TPSA) is 39.2 Å². The van der Waals surface area contributed by atoms with Crippen LogP contribution in [0.3, 0.4) is 0 Å². The first-order chi connectivity index (χ1) is 8.67. The Morgan fingerprint density at radius 2 is 2.22 bits per heavy atom. The highest BCUT2D eigenvalue weighted by atomic mass is 32.1. The molecule has 0 amide bonds. The molecule has 0 saturated carbocycles. The smallest absolute Gasteiger partial charge is 0.178 e. The van der Waals surface area contributed by atoms with E-state index in [1.54, 1.807) is 7.11 Å². The Hall–Kier alpha value is -1.33. The molecule has 18 heavy (non-hydrogen) atoms. The fourth-order valence-corrected chi connectivity index (χ4v) is 2.42. The Balaban J connectivity index is 2.47. The Morgan fingerprint density at radius 3 is 2.89 bits per heavy atom. The molecule has 1 aromatic heterocycles. The van der Waals surface area contributed by atoms with Gasteiger partial charge in [0.2, 0.25) is 0 Å². The SMILES string of the molecule is CCOCC(C)n1c(=S)[nH]c2ccc(OC)cc21. The number of benzene rings is 1. The second kappa shape index (κ2) is 5.54. The van der Waals surface area contributed by atoms with Gasteiger partial charge in [-0.05, 0) is 38.2 Å². The number of aromatic nitrogens is 2. The van der Waals surface area contributed by atoms with Crippen molar-refractivity contribution in [1.29, 1.82) is 0 Å². The minimum atomic E-state index is 0.193. The molecule has 1 aromatic carbocycles. The zero-order chi connectivity index (χ0) is 13.1. The van der Waals surface area contributed by atoms with Crippen molar-refractivity contribution in [3.63, 3.8) is 0 Å². The van der Waals surface area contributed by atoms with E-state index in [0.29, 0.717) is 18.0 Å². The van der Waals surface area contributed by atoms with Crippen LogP contribution in [-0.2, 0) is 4.74 Å². The highest BCUT2D eigenvalue weighted by molar-refractivity contribution is 7.71. The van der Waals surface area contributed by atoms with Crippen LogP contribution in [0, 0.1) is 4.77 Å². The predicted molar refractivity (Wildman–Crippen MR) is 74.9 cm³/mol. The molecule has 0 aliphatic rings. The van der Waals surface area contributed by atoms with Gasteiger partial charge in [-0.1, -0.05) is 0 Å². The average molecular weight is 266 g/mol. The summed E-state index contributed by atoms with van der Waals surface area (Å²) in [5.74, 6) is 0.828. The van der Waals surface area contributed by atoms with Crippen LogP contribution in [0.15, 0.2) is 18.2 Å². The van der Waals surface area contributed by atoms with Crippen LogP contribution < -0.4 is 4.74 Å². The summed E-state index contributed by atoms with van der Waals surface area (Å²) in [6.45, 7) is 5.45. The molecule has 0 spiro atoms. The van der Waals surface area contributed by atoms with Crippen molar-refractivity contribution in [1.82, 2.24) is 9.55 Å². The molecule has 2 aromatic rings. The van der Waals surface area contributed by atoms with Crippen molar-refractivity contribution in [3.05, 3.63) is 23.0 Å². The monoisotopic (exact) mass is 266 g/mol. The number of nitrogens with one attached hydrogen (secondary N) is 1. The lowest BCUT2D eigenvalue weighted by atomic mass is 10.2. The lowest BCUT2D eigenvalue weighted by Crippen LogP contribution is -2.12. The number of ether oxygens (including phenoxy) is 2. The Labute approximate surface area is 112 Å². The quantitative estimate of drug-likeness (QED) is 0.844. The van der Waals surface area contributed by atoms with Crippen molar-refractivity contribution in [2.24, 2.45) is 0 Å². The number of aromatic amines is 1. The number of methoxy groups -OCH3 is 1. The summed E-state index contributed by atoms with van der Waals surface area (Å²) in [5, 5.41) is 0. The van der Waals surface area contributed by atoms with Crippen LogP contribution in [0.1, 0.15) is 19.9 Å². The lowest BCUT2D eigenvalue weighted by Gasteiger charge is -2.14. The summed E-state index contributed by atoms with van der Waals surface area (Å²) in [4.78, 5) is 3.20. The predicted octanol–water partition coefficient (Wildman–Crippen LogP) is 3.30. The fraction of sp³-hybridized carbons (Fsp3) is 0.462. The van der Waals surface area contributed by atoms with E-state index in [1.165, 1.54) is 0 Å². The van der Waals surface area contributed by atoms with Crippen LogP contribution in [0.4, 0.5) is 0 Å². The minimum Gasteiger partial charge on any atom is -0.497 e. The number of H-pyrrole nitrogens is 1. The van der Waals surface area contributed by atoms with E-state index in [0.717, 1.165) is 16.8 Å². The molecule has 0 fully saturated rings. The van der Waals surface area contributed by atoms with E-state index < -0.39 is 0 Å². The molecule has 0 saturated heterocycles. The van der Waals surface area contributed by atoms with Gasteiger partial charge >= 0.3 is 0 Å². The molecular formula is C13H18N2O2S. The van der Waals surface area contributed by atoms with E-state index >= 15 is 0 Å². The van der Waals surface area contributed by atoms with Gasteiger partial charge in [-0.15, -0.1) is 0 Å². The summed E-state index contributed by atoms with van der Waals surface area (Å²) < 4.78 is 13.5. The maximum Gasteiger partial charge on any atom is 0.178 e. The molecule has 2 rings (SSSR count). The normalized spacial score (nSPS) is 12.8. The molecule has 1 atom stereocenters. The van der Waals surface area contributed by atoms with Gasteiger partial charge in [0.1, 0.15) is 5.75 Å². The molecular weight excluding hydrogens is 248 g/mol. The van der Waals surface area contributed by atoms with E-state index in [9.17, 15) is 0 Å². The summed E-state index contributed by atoms with van der Waals surface area (Å²) in [6.07, 6.45) is 0. The molecule has 0 aliphatic heterocycles. The molecule has 1 N–H and O–H groups in total. The minimum absolute atomic E-state index is 0.193. The second-order valence-corrected chi connectivity index (χ2v) is 4.58. The molecule has 1 unspecified atom stereocenters. The maximum atomic E-state index is 5.47. The average Bonchev–Trinajstić information content (AvgIpc) is 2.70. The summed E-state index contributed by atoms with van der Waals surface area (Å²) in [6, 6.07) is 6.08. The van der Waals surface area contributed by atoms with Gasteiger partial charge in [0.25, 0.3) is 0 Å². The van der Waals surface area contributed by atoms with Gasteiger partial charge in [0.15, 0.2) is 4.77 Å². The van der Waals surface area contributed by atoms with Crippen molar-refractivity contribution < 1.29 is 9.47 Å². The van der Waals surface area contributed by atoms with E-state index in [-0.39, 0.29) is 6.04 Å². The Kier molecular flexibility index (Phi) is 4.04. The van der Waals surface area contributed by atoms with Crippen LogP contribution in [0.2, 0.25) is 0 Å². The first-order valence-corrected chi connectivity index (χ1v) is 6.44. The maximum absolute atomic E-state index is 5.47. The third-order valence-electron chi connectivity index (χ3n) is 2.93. The summed E-state index contributed by atoms with van der Waals surface area (Å²) in [7, 11) is 1.66. The van der Waals surface area contributed by atoms with E-state index in [4.69, 9.17) is 21.7 Å². The van der Waals surface area contributed by atoms with Crippen molar-refractivity contribution in [3.8, 4) is 5.75 Å².